The fourth-order valence-electron chi connectivity index (χ4n) is 2.63. The minimum Gasteiger partial charge on any atom is -0.493 e. The van der Waals surface area contributed by atoms with Crippen LogP contribution in [0, 0.1) is 0 Å². The number of hydrogen-bond donors (Lipinski definition) is 1. The van der Waals surface area contributed by atoms with Crippen LogP contribution < -0.4 is 14.8 Å². The van der Waals surface area contributed by atoms with Gasteiger partial charge in [0, 0.05) is 11.5 Å². The van der Waals surface area contributed by atoms with Gasteiger partial charge < -0.3 is 19.2 Å². The Morgan fingerprint density at radius 1 is 1.04 bits per heavy atom. The second-order valence-electron chi connectivity index (χ2n) is 5.74. The van der Waals surface area contributed by atoms with E-state index in [1.165, 1.54) is 6.20 Å². The molecule has 2 heterocycles. The summed E-state index contributed by atoms with van der Waals surface area (Å²) in [5.74, 6) is 1.53. The Labute approximate surface area is 155 Å². The summed E-state index contributed by atoms with van der Waals surface area (Å²) in [6, 6.07) is 19.9. The van der Waals surface area contributed by atoms with Crippen LogP contribution in [-0.4, -0.2) is 18.0 Å². The number of carbonyl (C=O) groups is 1. The number of nitrogens with one attached hydrogen (secondary N) is 1. The number of benzene rings is 2. The predicted molar refractivity (Wildman–Crippen MR) is 101 cm³/mol. The van der Waals surface area contributed by atoms with Crippen molar-refractivity contribution in [1.29, 1.82) is 0 Å². The van der Waals surface area contributed by atoms with E-state index in [4.69, 9.17) is 13.9 Å². The molecule has 6 heteroatoms. The van der Waals surface area contributed by atoms with Gasteiger partial charge in [-0.05, 0) is 30.3 Å². The van der Waals surface area contributed by atoms with Crippen molar-refractivity contribution in [2.75, 3.05) is 12.4 Å². The van der Waals surface area contributed by atoms with E-state index >= 15 is 0 Å². The summed E-state index contributed by atoms with van der Waals surface area (Å²) in [6.07, 6.45) is 1.53. The maximum atomic E-state index is 12.5. The second kappa shape index (κ2) is 7.21. The van der Waals surface area contributed by atoms with E-state index in [9.17, 15) is 4.79 Å². The highest BCUT2D eigenvalue weighted by atomic mass is 16.5. The summed E-state index contributed by atoms with van der Waals surface area (Å²) < 4.78 is 16.5. The van der Waals surface area contributed by atoms with Gasteiger partial charge in [0.15, 0.2) is 17.1 Å². The topological polar surface area (TPSA) is 73.6 Å². The summed E-state index contributed by atoms with van der Waals surface area (Å²) >= 11 is 0. The van der Waals surface area contributed by atoms with Crippen molar-refractivity contribution < 1.29 is 18.7 Å². The molecule has 0 fully saturated rings. The number of anilines is 1. The minimum atomic E-state index is -0.369. The molecule has 4 rings (SSSR count). The molecule has 0 bridgehead atoms. The van der Waals surface area contributed by atoms with Crippen molar-refractivity contribution >= 4 is 22.6 Å². The highest BCUT2D eigenvalue weighted by Gasteiger charge is 2.15. The fourth-order valence-corrected chi connectivity index (χ4v) is 2.63. The van der Waals surface area contributed by atoms with Gasteiger partial charge in [-0.25, -0.2) is 4.98 Å². The Balaban J connectivity index is 1.48. The zero-order chi connectivity index (χ0) is 18.6. The van der Waals surface area contributed by atoms with E-state index < -0.39 is 0 Å². The van der Waals surface area contributed by atoms with E-state index in [0.29, 0.717) is 28.6 Å². The molecule has 27 heavy (non-hydrogen) atoms. The van der Waals surface area contributed by atoms with Crippen LogP contribution in [0.3, 0.4) is 0 Å². The Kier molecular flexibility index (Phi) is 4.45. The zero-order valence-corrected chi connectivity index (χ0v) is 14.5. The van der Waals surface area contributed by atoms with Crippen LogP contribution in [0.15, 0.2) is 77.3 Å². The first-order chi connectivity index (χ1) is 13.2. The first-order valence-corrected chi connectivity index (χ1v) is 8.30. The number of aromatic nitrogens is 1. The number of nitrogens with zero attached hydrogens (tertiary/aromatic N) is 1. The van der Waals surface area contributed by atoms with Crippen LogP contribution in [0.1, 0.15) is 10.6 Å². The summed E-state index contributed by atoms with van der Waals surface area (Å²) in [6.45, 7) is 0. The number of amides is 1. The summed E-state index contributed by atoms with van der Waals surface area (Å²) in [5, 5.41) is 3.55. The minimum absolute atomic E-state index is 0.194. The van der Waals surface area contributed by atoms with Gasteiger partial charge in [-0.2, -0.15) is 0 Å². The van der Waals surface area contributed by atoms with Gasteiger partial charge in [0.2, 0.25) is 5.88 Å². The molecule has 134 valence electrons. The summed E-state index contributed by atoms with van der Waals surface area (Å²) in [4.78, 5) is 16.7. The molecule has 0 aliphatic carbocycles. The van der Waals surface area contributed by atoms with Crippen molar-refractivity contribution in [2.45, 2.75) is 0 Å². The molecule has 2 aromatic heterocycles. The molecule has 1 N–H and O–H groups in total. The molecular formula is C21H16N2O4. The summed E-state index contributed by atoms with van der Waals surface area (Å²) in [5.41, 5.74) is 1.07. The zero-order valence-electron chi connectivity index (χ0n) is 14.5. The fraction of sp³-hybridized carbons (Fsp3) is 0.0476. The third-order valence-corrected chi connectivity index (χ3v) is 3.91. The maximum Gasteiger partial charge on any atom is 0.291 e. The predicted octanol–water partition coefficient (Wildman–Crippen LogP) is 4.88. The van der Waals surface area contributed by atoms with Crippen molar-refractivity contribution in [3.63, 3.8) is 0 Å². The van der Waals surface area contributed by atoms with Crippen LogP contribution in [0.25, 0.3) is 11.0 Å². The van der Waals surface area contributed by atoms with Crippen molar-refractivity contribution in [2.24, 2.45) is 0 Å². The molecule has 0 aliphatic heterocycles. The van der Waals surface area contributed by atoms with Gasteiger partial charge in [0.05, 0.1) is 19.0 Å². The molecule has 0 atom stereocenters. The number of carbonyl (C=O) groups excluding carboxylic acids is 1. The van der Waals surface area contributed by atoms with E-state index in [0.717, 1.165) is 5.39 Å². The van der Waals surface area contributed by atoms with Crippen LogP contribution in [-0.2, 0) is 0 Å². The molecule has 1 amide bonds. The lowest BCUT2D eigenvalue weighted by Gasteiger charge is -2.06. The largest absolute Gasteiger partial charge is 0.493 e. The Hall–Kier alpha value is -3.80. The average molecular weight is 360 g/mol. The molecule has 2 aromatic carbocycles. The molecule has 0 unspecified atom stereocenters. The van der Waals surface area contributed by atoms with Crippen molar-refractivity contribution in [1.82, 2.24) is 4.98 Å². The maximum absolute atomic E-state index is 12.5. The Bertz CT molecular complexity index is 1070. The molecule has 0 spiro atoms. The first kappa shape index (κ1) is 16.7. The molecule has 0 aliphatic rings. The monoisotopic (exact) mass is 360 g/mol. The number of methoxy groups -OCH3 is 1. The number of fused-ring (bicyclic) bond motifs is 1. The second-order valence-corrected chi connectivity index (χ2v) is 5.74. The first-order valence-electron chi connectivity index (χ1n) is 8.30. The number of hydrogen-bond acceptors (Lipinski definition) is 5. The lowest BCUT2D eigenvalue weighted by atomic mass is 10.2. The van der Waals surface area contributed by atoms with Crippen molar-refractivity contribution in [3.8, 4) is 17.4 Å². The van der Waals surface area contributed by atoms with Gasteiger partial charge >= 0.3 is 0 Å². The lowest BCUT2D eigenvalue weighted by Crippen LogP contribution is -2.10. The number of para-hydroxylation sites is 2. The number of rotatable bonds is 5. The highest BCUT2D eigenvalue weighted by Crippen LogP contribution is 2.29. The third-order valence-electron chi connectivity index (χ3n) is 3.91. The average Bonchev–Trinajstić information content (AvgIpc) is 3.15. The number of furan rings is 1. The molecule has 0 saturated carbocycles. The molecule has 4 aromatic rings. The van der Waals surface area contributed by atoms with E-state index in [1.54, 1.807) is 31.4 Å². The van der Waals surface area contributed by atoms with Crippen LogP contribution >= 0.6 is 0 Å². The van der Waals surface area contributed by atoms with Gasteiger partial charge in [-0.15, -0.1) is 0 Å². The van der Waals surface area contributed by atoms with E-state index in [1.807, 2.05) is 42.5 Å². The number of ether oxygens (including phenoxy) is 2. The van der Waals surface area contributed by atoms with Gasteiger partial charge in [0.25, 0.3) is 5.91 Å². The van der Waals surface area contributed by atoms with Gasteiger partial charge in [-0.3, -0.25) is 4.79 Å². The lowest BCUT2D eigenvalue weighted by molar-refractivity contribution is 0.0998. The third kappa shape index (κ3) is 3.59. The Morgan fingerprint density at radius 3 is 2.63 bits per heavy atom. The van der Waals surface area contributed by atoms with Crippen LogP contribution in [0.5, 0.6) is 17.4 Å². The highest BCUT2D eigenvalue weighted by molar-refractivity contribution is 6.05. The molecule has 6 nitrogen and oxygen atoms in total. The Morgan fingerprint density at radius 2 is 1.89 bits per heavy atom. The standard InChI is InChI=1S/C21H16N2O4/c1-25-17-9-5-6-14-12-18(27-20(14)17)21(24)23-15-10-11-19(22-13-15)26-16-7-3-2-4-8-16/h2-13H,1H3,(H,23,24). The van der Waals surface area contributed by atoms with Crippen LogP contribution in [0.2, 0.25) is 0 Å². The van der Waals surface area contributed by atoms with E-state index in [2.05, 4.69) is 10.3 Å². The SMILES string of the molecule is COc1cccc2cc(C(=O)Nc3ccc(Oc4ccccc4)nc3)oc12. The number of pyridine rings is 1. The molecular weight excluding hydrogens is 344 g/mol. The van der Waals surface area contributed by atoms with Crippen molar-refractivity contribution in [3.05, 3.63) is 78.7 Å². The van der Waals surface area contributed by atoms with E-state index in [-0.39, 0.29) is 11.7 Å². The molecule has 0 radical (unpaired) electrons. The quantitative estimate of drug-likeness (QED) is 0.549. The molecule has 0 saturated heterocycles. The van der Waals surface area contributed by atoms with Gasteiger partial charge in [-0.1, -0.05) is 30.3 Å². The normalized spacial score (nSPS) is 10.6. The summed E-state index contributed by atoms with van der Waals surface area (Å²) in [7, 11) is 1.56. The van der Waals surface area contributed by atoms with Crippen LogP contribution in [0.4, 0.5) is 5.69 Å². The van der Waals surface area contributed by atoms with Gasteiger partial charge in [0.1, 0.15) is 5.75 Å². The smallest absolute Gasteiger partial charge is 0.291 e.